The highest BCUT2D eigenvalue weighted by atomic mass is 35.5. The van der Waals surface area contributed by atoms with Crippen molar-refractivity contribution in [3.05, 3.63) is 165 Å². The van der Waals surface area contributed by atoms with E-state index in [0.29, 0.717) is 100 Å². The molecule has 2 aliphatic rings. The third-order valence-electron chi connectivity index (χ3n) is 10.5. The van der Waals surface area contributed by atoms with Crippen LogP contribution in [0.4, 0.5) is 18.4 Å². The van der Waals surface area contributed by atoms with Gasteiger partial charge < -0.3 is 29.5 Å². The van der Waals surface area contributed by atoms with Gasteiger partial charge in [-0.25, -0.2) is 18.4 Å². The Kier molecular flexibility index (Phi) is 16.5. The maximum absolute atomic E-state index is 15.5. The number of carbonyl (C=O) groups is 2. The summed E-state index contributed by atoms with van der Waals surface area (Å²) < 4.78 is 41.7. The van der Waals surface area contributed by atoms with Gasteiger partial charge in [-0.3, -0.25) is 9.97 Å². The number of aromatic nitrogens is 2. The number of likely N-dealkylation sites (N-methyl/N-ethyl adjacent to an activating group) is 1. The fourth-order valence-electron chi connectivity index (χ4n) is 7.29. The maximum Gasteiger partial charge on any atom is 0.320 e. The van der Waals surface area contributed by atoms with Gasteiger partial charge in [0.05, 0.1) is 49.8 Å². The number of ether oxygens (including phenoxy) is 2. The van der Waals surface area contributed by atoms with Crippen molar-refractivity contribution in [1.82, 2.24) is 30.0 Å². The Morgan fingerprint density at radius 2 is 1.14 bits per heavy atom. The van der Waals surface area contributed by atoms with E-state index < -0.39 is 0 Å². The molecule has 2 aliphatic heterocycles. The number of hydrogen-bond donors (Lipinski definition) is 1. The van der Waals surface area contributed by atoms with Gasteiger partial charge in [0.25, 0.3) is 0 Å². The van der Waals surface area contributed by atoms with Crippen LogP contribution in [-0.2, 0) is 25.9 Å². The van der Waals surface area contributed by atoms with Crippen LogP contribution >= 0.6 is 23.2 Å². The van der Waals surface area contributed by atoms with Crippen LogP contribution in [0.1, 0.15) is 48.5 Å². The van der Waals surface area contributed by atoms with Crippen molar-refractivity contribution >= 4 is 35.3 Å². The van der Waals surface area contributed by atoms with Gasteiger partial charge in [-0.1, -0.05) is 86.6 Å². The lowest BCUT2D eigenvalue weighted by atomic mass is 9.97. The Balaban J connectivity index is 0.000000230. The van der Waals surface area contributed by atoms with Crippen LogP contribution in [0.3, 0.4) is 0 Å². The molecular weight excluding hydrogens is 845 g/mol. The number of rotatable bonds is 12. The monoisotopic (exact) mass is 896 g/mol. The first kappa shape index (κ1) is 47.8. The summed E-state index contributed by atoms with van der Waals surface area (Å²) in [6.07, 6.45) is 4.25. The molecule has 4 aromatic carbocycles. The molecule has 8 rings (SSSR count). The predicted octanol–water partition coefficient (Wildman–Crippen LogP) is 10.9. The molecule has 6 aromatic rings. The first-order chi connectivity index (χ1) is 29.5. The number of hydrogen-bond acceptors (Lipinski definition) is 6. The molecule has 4 amide bonds. The van der Waals surface area contributed by atoms with E-state index in [0.717, 1.165) is 29.1 Å². The Hall–Kier alpha value is -6.24. The van der Waals surface area contributed by atoms with Gasteiger partial charge in [0.2, 0.25) is 0 Å². The summed E-state index contributed by atoms with van der Waals surface area (Å²) in [7, 11) is 4.83. The molecule has 330 valence electrons. The minimum Gasteiger partial charge on any atom is -0.496 e. The van der Waals surface area contributed by atoms with Crippen LogP contribution in [0.15, 0.2) is 109 Å². The zero-order valence-corrected chi connectivity index (χ0v) is 35.4. The van der Waals surface area contributed by atoms with E-state index in [9.17, 15) is 9.59 Å². The smallest absolute Gasteiger partial charge is 0.320 e. The summed E-state index contributed by atoms with van der Waals surface area (Å²) >= 11 is 12.2. The van der Waals surface area contributed by atoms with E-state index in [4.69, 9.17) is 32.7 Å². The maximum atomic E-state index is 15.5. The van der Waals surface area contributed by atoms with E-state index in [1.165, 1.54) is 14.2 Å². The second-order valence-corrected chi connectivity index (χ2v) is 15.6. The molecule has 0 bridgehead atoms. The van der Waals surface area contributed by atoms with Crippen LogP contribution in [-0.4, -0.2) is 84.2 Å². The normalized spacial score (nSPS) is 13.2. The van der Waals surface area contributed by atoms with E-state index in [-0.39, 0.29) is 38.5 Å². The summed E-state index contributed by atoms with van der Waals surface area (Å²) in [5.41, 5.74) is 6.56. The zero-order valence-electron chi connectivity index (χ0n) is 33.9. The number of benzene rings is 4. The lowest BCUT2D eigenvalue weighted by Crippen LogP contribution is -2.29. The van der Waals surface area contributed by atoms with Crippen molar-refractivity contribution in [1.29, 1.82) is 0 Å². The number of halogens is 4. The molecule has 0 unspecified atom stereocenters. The molecule has 0 saturated carbocycles. The third kappa shape index (κ3) is 11.4. The second-order valence-electron chi connectivity index (χ2n) is 14.7. The predicted molar refractivity (Wildman–Crippen MR) is 247 cm³/mol. The van der Waals surface area contributed by atoms with Gasteiger partial charge in [0.1, 0.15) is 23.1 Å². The first-order valence-corrected chi connectivity index (χ1v) is 20.4. The molecule has 0 atom stereocenters. The van der Waals surface area contributed by atoms with Gasteiger partial charge in [-0.15, -0.1) is 0 Å². The molecule has 0 aliphatic carbocycles. The molecule has 2 fully saturated rings. The number of carbonyl (C=O) groups excluding carboxylic acids is 2. The van der Waals surface area contributed by atoms with Crippen LogP contribution in [0.25, 0.3) is 22.3 Å². The number of amides is 4. The van der Waals surface area contributed by atoms with Crippen molar-refractivity contribution in [3.63, 3.8) is 0 Å². The number of urea groups is 2. The number of methoxy groups -OCH3 is 2. The minimum atomic E-state index is -0.338. The quantitative estimate of drug-likeness (QED) is 0.131. The summed E-state index contributed by atoms with van der Waals surface area (Å²) in [5, 5.41) is 3.84. The van der Waals surface area contributed by atoms with E-state index >= 15 is 8.78 Å². The molecule has 63 heavy (non-hydrogen) atoms. The average molecular weight is 898 g/mol. The van der Waals surface area contributed by atoms with Gasteiger partial charge in [-0.05, 0) is 81.9 Å². The van der Waals surface area contributed by atoms with Crippen LogP contribution in [0, 0.1) is 11.6 Å². The van der Waals surface area contributed by atoms with Crippen LogP contribution in [0.5, 0.6) is 11.5 Å². The van der Waals surface area contributed by atoms with E-state index in [1.807, 2.05) is 30.3 Å². The van der Waals surface area contributed by atoms with E-state index in [1.54, 1.807) is 101 Å². The van der Waals surface area contributed by atoms with E-state index in [2.05, 4.69) is 15.3 Å². The van der Waals surface area contributed by atoms with Gasteiger partial charge in [0.15, 0.2) is 0 Å². The molecule has 10 nitrogen and oxygen atoms in total. The molecule has 4 heterocycles. The molecule has 0 spiro atoms. The zero-order chi connectivity index (χ0) is 43.0. The summed E-state index contributed by atoms with van der Waals surface area (Å²) in [4.78, 5) is 37.8. The van der Waals surface area contributed by atoms with Crippen LogP contribution in [0.2, 0.25) is 10.0 Å². The third-order valence-corrected chi connectivity index (χ3v) is 11.0. The fourth-order valence-corrected chi connectivity index (χ4v) is 7.67. The van der Waals surface area contributed by atoms with Crippen molar-refractivity contribution < 1.29 is 27.8 Å². The molecular formula is C49H52Cl2F2N6O4. The van der Waals surface area contributed by atoms with Crippen LogP contribution < -0.4 is 14.8 Å². The number of nitrogens with one attached hydrogen (secondary N) is 1. The largest absolute Gasteiger partial charge is 0.496 e. The highest BCUT2D eigenvalue weighted by molar-refractivity contribution is 6.31. The second kappa shape index (κ2) is 21.7. The summed E-state index contributed by atoms with van der Waals surface area (Å²) in [6, 6.07) is 28.7. The van der Waals surface area contributed by atoms with Crippen molar-refractivity contribution in [2.45, 2.75) is 40.8 Å². The average Bonchev–Trinajstić information content (AvgIpc) is 3.82. The molecule has 1 N–H and O–H groups in total. The Bertz CT molecular complexity index is 2530. The lowest BCUT2D eigenvalue weighted by Gasteiger charge is -2.16. The van der Waals surface area contributed by atoms with Gasteiger partial charge >= 0.3 is 12.1 Å². The molecule has 14 heteroatoms. The first-order valence-electron chi connectivity index (χ1n) is 19.6. The highest BCUT2D eigenvalue weighted by Gasteiger charge is 2.26. The van der Waals surface area contributed by atoms with Gasteiger partial charge in [0, 0.05) is 68.5 Å². The lowest BCUT2D eigenvalue weighted by molar-refractivity contribution is 0.196. The van der Waals surface area contributed by atoms with Crippen molar-refractivity contribution in [2.75, 3.05) is 47.4 Å². The SMILES string of the molecule is C.C.COc1ccc(Cc2ccc(CN3CCN(C)C3=O)nc2)c(F)c1-c1cccc(Cl)c1.COc1ccc(Cc2ccc(CN3CCNC3=O)nc2)c(F)c1-c1cccc(Cl)c1. The Morgan fingerprint density at radius 1 is 0.651 bits per heavy atom. The Labute approximate surface area is 378 Å². The summed E-state index contributed by atoms with van der Waals surface area (Å²) in [6.45, 7) is 3.68. The minimum absolute atomic E-state index is 0. The molecule has 2 saturated heterocycles. The number of pyridine rings is 2. The molecule has 0 radical (unpaired) electrons. The highest BCUT2D eigenvalue weighted by Crippen LogP contribution is 2.37. The van der Waals surface area contributed by atoms with Gasteiger partial charge in [-0.2, -0.15) is 0 Å². The molecule has 2 aromatic heterocycles. The standard InChI is InChI=1S/C24H23ClFN3O2.C23H21ClFN3O2.2CH4/c1-28-10-11-29(24(28)30)15-20-8-6-16(14-27-20)12-18-7-9-21(31-2)22(23(18)26)17-4-3-5-19(25)13-17;1-30-20-8-6-17(22(25)21(20)16-3-2-4-18(24)12-16)11-15-5-7-19(27-13-15)14-28-10-9-26-23(28)29;;/h3-9,13-14H,10-12,15H2,1-2H3;2-8,12-13H,9-11,14H2,1H3,(H,26,29);2*1H4. The van der Waals surface area contributed by atoms with Crippen molar-refractivity contribution in [2.24, 2.45) is 0 Å². The summed E-state index contributed by atoms with van der Waals surface area (Å²) in [5.74, 6) is 0.235. The Morgan fingerprint density at radius 3 is 1.52 bits per heavy atom. The topological polar surface area (TPSA) is 100 Å². The number of nitrogens with zero attached hydrogens (tertiary/aromatic N) is 5. The van der Waals surface area contributed by atoms with Crippen molar-refractivity contribution in [3.8, 4) is 33.8 Å². The fraction of sp³-hybridized carbons (Fsp3) is 0.265.